The summed E-state index contributed by atoms with van der Waals surface area (Å²) in [5.74, 6) is 0. The van der Waals surface area contributed by atoms with Gasteiger partial charge in [-0.15, -0.1) is 0 Å². The highest BCUT2D eigenvalue weighted by Crippen LogP contribution is 1.94. The minimum Gasteiger partial charge on any atom is -0.278 e. The Labute approximate surface area is 65.9 Å². The monoisotopic (exact) mass is 146 g/mol. The Morgan fingerprint density at radius 2 is 2.27 bits per heavy atom. The molecule has 0 saturated heterocycles. The van der Waals surface area contributed by atoms with Crippen LogP contribution in [0.15, 0.2) is 43.1 Å². The molecule has 0 fully saturated rings. The zero-order valence-corrected chi connectivity index (χ0v) is 6.20. The quantitative estimate of drug-likeness (QED) is 0.650. The fraction of sp³-hybridized carbons (Fsp3) is 0. The van der Waals surface area contributed by atoms with E-state index >= 15 is 0 Å². The second-order valence-electron chi connectivity index (χ2n) is 1.99. The molecule has 0 unspecified atom stereocenters. The van der Waals surface area contributed by atoms with Gasteiger partial charge in [-0.2, -0.15) is 5.10 Å². The lowest BCUT2D eigenvalue weighted by atomic mass is 10.3. The SMILES string of the molecule is C=C/C=C\C=C/c1ccn[nH]1. The van der Waals surface area contributed by atoms with Crippen molar-refractivity contribution in [1.29, 1.82) is 0 Å². The van der Waals surface area contributed by atoms with Crippen molar-refractivity contribution in [3.05, 3.63) is 48.8 Å². The molecule has 0 atom stereocenters. The van der Waals surface area contributed by atoms with Crippen LogP contribution in [0.5, 0.6) is 0 Å². The van der Waals surface area contributed by atoms with Crippen LogP contribution in [-0.4, -0.2) is 10.2 Å². The molecule has 1 rings (SSSR count). The van der Waals surface area contributed by atoms with Crippen LogP contribution in [-0.2, 0) is 0 Å². The minimum atomic E-state index is 0.999. The number of nitrogens with zero attached hydrogens (tertiary/aromatic N) is 1. The maximum Gasteiger partial charge on any atom is 0.0577 e. The smallest absolute Gasteiger partial charge is 0.0577 e. The van der Waals surface area contributed by atoms with Crippen LogP contribution < -0.4 is 0 Å². The number of H-pyrrole nitrogens is 1. The average Bonchev–Trinajstić information content (AvgIpc) is 2.50. The highest BCUT2D eigenvalue weighted by molar-refractivity contribution is 5.45. The van der Waals surface area contributed by atoms with E-state index in [4.69, 9.17) is 0 Å². The zero-order valence-electron chi connectivity index (χ0n) is 6.20. The van der Waals surface area contributed by atoms with Gasteiger partial charge in [0.05, 0.1) is 5.69 Å². The largest absolute Gasteiger partial charge is 0.278 e. The number of aromatic nitrogens is 2. The standard InChI is InChI=1S/C9H10N2/c1-2-3-4-5-6-9-7-8-10-11-9/h2-8H,1H2,(H,10,11)/b4-3-,6-5-. The van der Waals surface area contributed by atoms with E-state index in [0.717, 1.165) is 5.69 Å². The molecule has 0 spiro atoms. The van der Waals surface area contributed by atoms with Crippen molar-refractivity contribution in [1.82, 2.24) is 10.2 Å². The van der Waals surface area contributed by atoms with E-state index in [1.54, 1.807) is 12.3 Å². The molecule has 0 aliphatic heterocycles. The molecule has 0 bridgehead atoms. The number of hydrogen-bond donors (Lipinski definition) is 1. The summed E-state index contributed by atoms with van der Waals surface area (Å²) in [7, 11) is 0. The van der Waals surface area contributed by atoms with Gasteiger partial charge < -0.3 is 0 Å². The summed E-state index contributed by atoms with van der Waals surface area (Å²) in [4.78, 5) is 0. The first kappa shape index (κ1) is 7.54. The number of hydrogen-bond acceptors (Lipinski definition) is 1. The molecule has 2 nitrogen and oxygen atoms in total. The Morgan fingerprint density at radius 1 is 1.36 bits per heavy atom. The van der Waals surface area contributed by atoms with Gasteiger partial charge in [0, 0.05) is 6.20 Å². The lowest BCUT2D eigenvalue weighted by molar-refractivity contribution is 1.08. The molecule has 0 amide bonds. The number of aromatic amines is 1. The van der Waals surface area contributed by atoms with Crippen LogP contribution in [0.1, 0.15) is 5.69 Å². The Balaban J connectivity index is 2.49. The van der Waals surface area contributed by atoms with Crippen LogP contribution in [0.2, 0.25) is 0 Å². The van der Waals surface area contributed by atoms with Crippen molar-refractivity contribution >= 4 is 6.08 Å². The lowest BCUT2D eigenvalue weighted by Gasteiger charge is -1.78. The van der Waals surface area contributed by atoms with Crippen molar-refractivity contribution in [2.45, 2.75) is 0 Å². The molecule has 1 N–H and O–H groups in total. The summed E-state index contributed by atoms with van der Waals surface area (Å²) in [6.07, 6.45) is 11.1. The lowest BCUT2D eigenvalue weighted by Crippen LogP contribution is -1.68. The number of allylic oxidation sites excluding steroid dienone is 4. The molecule has 0 radical (unpaired) electrons. The van der Waals surface area contributed by atoms with Crippen molar-refractivity contribution in [3.8, 4) is 0 Å². The minimum absolute atomic E-state index is 0.999. The Kier molecular flexibility index (Phi) is 2.93. The molecule has 56 valence electrons. The van der Waals surface area contributed by atoms with Gasteiger partial charge in [-0.05, 0) is 12.1 Å². The van der Waals surface area contributed by atoms with Crippen LogP contribution in [0.4, 0.5) is 0 Å². The first-order valence-corrected chi connectivity index (χ1v) is 3.38. The van der Waals surface area contributed by atoms with Gasteiger partial charge in [0.15, 0.2) is 0 Å². The maximum absolute atomic E-state index is 3.80. The van der Waals surface area contributed by atoms with Crippen LogP contribution in [0.25, 0.3) is 6.08 Å². The molecule has 0 saturated carbocycles. The van der Waals surface area contributed by atoms with E-state index in [1.807, 2.05) is 30.4 Å². The second kappa shape index (κ2) is 4.28. The topological polar surface area (TPSA) is 28.7 Å². The van der Waals surface area contributed by atoms with Gasteiger partial charge in [0.25, 0.3) is 0 Å². The molecule has 11 heavy (non-hydrogen) atoms. The summed E-state index contributed by atoms with van der Waals surface area (Å²) in [6, 6.07) is 1.90. The molecule has 0 aliphatic carbocycles. The normalized spacial score (nSPS) is 11.3. The highest BCUT2D eigenvalue weighted by Gasteiger charge is 1.80. The van der Waals surface area contributed by atoms with Crippen molar-refractivity contribution in [2.24, 2.45) is 0 Å². The first-order valence-electron chi connectivity index (χ1n) is 3.38. The highest BCUT2D eigenvalue weighted by atomic mass is 15.1. The predicted octanol–water partition coefficient (Wildman–Crippen LogP) is 2.17. The molecule has 2 heteroatoms. The molecule has 1 aromatic heterocycles. The van der Waals surface area contributed by atoms with Crippen molar-refractivity contribution < 1.29 is 0 Å². The zero-order chi connectivity index (χ0) is 7.94. The number of rotatable bonds is 3. The Morgan fingerprint density at radius 3 is 2.91 bits per heavy atom. The summed E-state index contributed by atoms with van der Waals surface area (Å²) in [5, 5.41) is 6.62. The van der Waals surface area contributed by atoms with E-state index in [-0.39, 0.29) is 0 Å². The summed E-state index contributed by atoms with van der Waals surface area (Å²) < 4.78 is 0. The summed E-state index contributed by atoms with van der Waals surface area (Å²) in [6.45, 7) is 3.55. The van der Waals surface area contributed by atoms with E-state index < -0.39 is 0 Å². The fourth-order valence-electron chi connectivity index (χ4n) is 0.661. The third-order valence-electron chi connectivity index (χ3n) is 1.16. The average molecular weight is 146 g/mol. The Bertz CT molecular complexity index is 255. The van der Waals surface area contributed by atoms with E-state index in [9.17, 15) is 0 Å². The summed E-state index contributed by atoms with van der Waals surface area (Å²) >= 11 is 0. The molecule has 1 heterocycles. The Hall–Kier alpha value is -1.57. The van der Waals surface area contributed by atoms with Gasteiger partial charge in [-0.25, -0.2) is 0 Å². The third-order valence-corrected chi connectivity index (χ3v) is 1.16. The van der Waals surface area contributed by atoms with Crippen LogP contribution in [0, 0.1) is 0 Å². The van der Waals surface area contributed by atoms with Gasteiger partial charge in [0.1, 0.15) is 0 Å². The number of nitrogens with one attached hydrogen (secondary N) is 1. The van der Waals surface area contributed by atoms with E-state index in [0.29, 0.717) is 0 Å². The second-order valence-corrected chi connectivity index (χ2v) is 1.99. The van der Waals surface area contributed by atoms with Crippen molar-refractivity contribution in [3.63, 3.8) is 0 Å². The van der Waals surface area contributed by atoms with Gasteiger partial charge in [-0.1, -0.05) is 30.9 Å². The summed E-state index contributed by atoms with van der Waals surface area (Å²) in [5.41, 5.74) is 0.999. The van der Waals surface area contributed by atoms with Gasteiger partial charge in [0.2, 0.25) is 0 Å². The molecular formula is C9H10N2. The predicted molar refractivity (Wildman–Crippen MR) is 47.0 cm³/mol. The van der Waals surface area contributed by atoms with Gasteiger partial charge >= 0.3 is 0 Å². The maximum atomic E-state index is 3.80. The van der Waals surface area contributed by atoms with Crippen LogP contribution in [0.3, 0.4) is 0 Å². The fourth-order valence-corrected chi connectivity index (χ4v) is 0.661. The molecule has 0 aliphatic rings. The first-order chi connectivity index (χ1) is 5.43. The third kappa shape index (κ3) is 2.67. The molecule has 1 aromatic rings. The van der Waals surface area contributed by atoms with E-state index in [1.165, 1.54) is 0 Å². The van der Waals surface area contributed by atoms with Crippen LogP contribution >= 0.6 is 0 Å². The molecular weight excluding hydrogens is 136 g/mol. The van der Waals surface area contributed by atoms with Gasteiger partial charge in [-0.3, -0.25) is 5.10 Å². The van der Waals surface area contributed by atoms with Crippen molar-refractivity contribution in [2.75, 3.05) is 0 Å². The molecule has 0 aromatic carbocycles. The van der Waals surface area contributed by atoms with E-state index in [2.05, 4.69) is 16.8 Å².